The number of carbonyl (C=O) groups is 2. The van der Waals surface area contributed by atoms with E-state index < -0.39 is 21.8 Å². The van der Waals surface area contributed by atoms with Crippen molar-refractivity contribution in [3.05, 3.63) is 70.7 Å². The minimum Gasteiger partial charge on any atom is -0.296 e. The molecular weight excluding hydrogens is 424 g/mol. The molecule has 30 heavy (non-hydrogen) atoms. The first-order valence-corrected chi connectivity index (χ1v) is 11.4. The molecule has 3 aromatic rings. The molecule has 1 N–H and O–H groups in total. The van der Waals surface area contributed by atoms with Crippen LogP contribution in [0.3, 0.4) is 0 Å². The van der Waals surface area contributed by atoms with Crippen LogP contribution in [-0.4, -0.2) is 41.3 Å². The van der Waals surface area contributed by atoms with Gasteiger partial charge in [0.1, 0.15) is 5.01 Å². The predicted octanol–water partition coefficient (Wildman–Crippen LogP) is 2.80. The van der Waals surface area contributed by atoms with E-state index in [-0.39, 0.29) is 29.3 Å². The molecule has 1 aliphatic rings. The summed E-state index contributed by atoms with van der Waals surface area (Å²) in [6.07, 6.45) is 0.125. The SMILES string of the molecule is Cc1nnc(NC(=O)c2cccc(S(=O)(=O)N3C[C@H](c4ccccc4)CC3=O)c2)s1. The molecule has 10 heteroatoms. The van der Waals surface area contributed by atoms with Gasteiger partial charge < -0.3 is 0 Å². The van der Waals surface area contributed by atoms with Crippen LogP contribution in [0.5, 0.6) is 0 Å². The Morgan fingerprint density at radius 3 is 2.60 bits per heavy atom. The first kappa shape index (κ1) is 20.2. The Hall–Kier alpha value is -3.11. The molecule has 1 atom stereocenters. The van der Waals surface area contributed by atoms with Crippen molar-refractivity contribution in [2.45, 2.75) is 24.2 Å². The fourth-order valence-corrected chi connectivity index (χ4v) is 5.39. The molecule has 1 aliphatic heterocycles. The lowest BCUT2D eigenvalue weighted by Crippen LogP contribution is -2.32. The van der Waals surface area contributed by atoms with Crippen molar-refractivity contribution in [1.82, 2.24) is 14.5 Å². The monoisotopic (exact) mass is 442 g/mol. The number of nitrogens with one attached hydrogen (secondary N) is 1. The number of hydrogen-bond acceptors (Lipinski definition) is 7. The maximum atomic E-state index is 13.1. The van der Waals surface area contributed by atoms with Gasteiger partial charge in [-0.3, -0.25) is 14.9 Å². The van der Waals surface area contributed by atoms with E-state index in [9.17, 15) is 18.0 Å². The minimum atomic E-state index is -4.08. The third-order valence-corrected chi connectivity index (χ3v) is 7.32. The van der Waals surface area contributed by atoms with E-state index in [4.69, 9.17) is 0 Å². The molecule has 0 radical (unpaired) electrons. The van der Waals surface area contributed by atoms with Crippen LogP contribution in [0.4, 0.5) is 5.13 Å². The summed E-state index contributed by atoms with van der Waals surface area (Å²) in [6.45, 7) is 1.84. The normalized spacial score (nSPS) is 16.6. The van der Waals surface area contributed by atoms with Crippen molar-refractivity contribution in [3.63, 3.8) is 0 Å². The second-order valence-electron chi connectivity index (χ2n) is 6.85. The molecular formula is C20H18N4O4S2. The molecule has 154 valence electrons. The summed E-state index contributed by atoms with van der Waals surface area (Å²) < 4.78 is 27.1. The first-order valence-electron chi connectivity index (χ1n) is 9.16. The molecule has 2 aromatic carbocycles. The first-order chi connectivity index (χ1) is 14.3. The Balaban J connectivity index is 1.56. The van der Waals surface area contributed by atoms with Crippen molar-refractivity contribution in [2.75, 3.05) is 11.9 Å². The predicted molar refractivity (Wildman–Crippen MR) is 112 cm³/mol. The lowest BCUT2D eigenvalue weighted by molar-refractivity contribution is -0.123. The number of anilines is 1. The highest BCUT2D eigenvalue weighted by molar-refractivity contribution is 7.89. The van der Waals surface area contributed by atoms with E-state index in [0.717, 1.165) is 9.87 Å². The average Bonchev–Trinajstić information content (AvgIpc) is 3.34. The number of nitrogens with zero attached hydrogens (tertiary/aromatic N) is 3. The number of benzene rings is 2. The number of hydrogen-bond donors (Lipinski definition) is 1. The number of aromatic nitrogens is 2. The van der Waals surface area contributed by atoms with Gasteiger partial charge in [0.25, 0.3) is 15.9 Å². The Bertz CT molecular complexity index is 1210. The zero-order chi connectivity index (χ0) is 21.3. The highest BCUT2D eigenvalue weighted by atomic mass is 32.2. The van der Waals surface area contributed by atoms with Crippen molar-refractivity contribution in [1.29, 1.82) is 0 Å². The van der Waals surface area contributed by atoms with E-state index >= 15 is 0 Å². The molecule has 0 spiro atoms. The van der Waals surface area contributed by atoms with Crippen molar-refractivity contribution >= 4 is 38.3 Å². The summed E-state index contributed by atoms with van der Waals surface area (Å²) in [5.74, 6) is -1.15. The van der Waals surface area contributed by atoms with Gasteiger partial charge in [-0.15, -0.1) is 10.2 Å². The third-order valence-electron chi connectivity index (χ3n) is 4.79. The van der Waals surface area contributed by atoms with Gasteiger partial charge in [0.2, 0.25) is 11.0 Å². The maximum Gasteiger partial charge on any atom is 0.266 e. The van der Waals surface area contributed by atoms with Crippen molar-refractivity contribution in [2.24, 2.45) is 0 Å². The standard InChI is InChI=1S/C20H18N4O4S2/c1-13-22-23-20(29-13)21-19(26)15-8-5-9-17(10-15)30(27,28)24-12-16(11-18(24)25)14-6-3-2-4-7-14/h2-10,16H,11-12H2,1H3,(H,21,23,26)/t16-/m1/s1. The highest BCUT2D eigenvalue weighted by Gasteiger charge is 2.39. The second kappa shape index (κ2) is 7.96. The summed E-state index contributed by atoms with van der Waals surface area (Å²) in [7, 11) is -4.08. The highest BCUT2D eigenvalue weighted by Crippen LogP contribution is 2.32. The molecule has 0 aliphatic carbocycles. The second-order valence-corrected chi connectivity index (χ2v) is 9.89. The topological polar surface area (TPSA) is 109 Å². The van der Waals surface area contributed by atoms with Gasteiger partial charge in [0.05, 0.1) is 4.90 Å². The largest absolute Gasteiger partial charge is 0.296 e. The lowest BCUT2D eigenvalue weighted by atomic mass is 9.99. The number of rotatable bonds is 5. The van der Waals surface area contributed by atoms with Gasteiger partial charge in [-0.1, -0.05) is 47.7 Å². The minimum absolute atomic E-state index is 0.0751. The van der Waals surface area contributed by atoms with Crippen LogP contribution >= 0.6 is 11.3 Å². The fourth-order valence-electron chi connectivity index (χ4n) is 3.30. The summed E-state index contributed by atoms with van der Waals surface area (Å²) in [5.41, 5.74) is 1.07. The van der Waals surface area contributed by atoms with Crippen molar-refractivity contribution in [3.8, 4) is 0 Å². The van der Waals surface area contributed by atoms with Gasteiger partial charge in [0.15, 0.2) is 0 Å². The quantitative estimate of drug-likeness (QED) is 0.651. The number of aryl methyl sites for hydroxylation is 1. The zero-order valence-electron chi connectivity index (χ0n) is 16.0. The van der Waals surface area contributed by atoms with E-state index in [1.54, 1.807) is 6.92 Å². The fraction of sp³-hybridized carbons (Fsp3) is 0.200. The molecule has 0 saturated carbocycles. The molecule has 8 nitrogen and oxygen atoms in total. The van der Waals surface area contributed by atoms with E-state index in [0.29, 0.717) is 10.1 Å². The molecule has 1 aromatic heterocycles. The van der Waals surface area contributed by atoms with Gasteiger partial charge >= 0.3 is 0 Å². The van der Waals surface area contributed by atoms with Crippen LogP contribution in [0, 0.1) is 6.92 Å². The Labute approximate surface area is 177 Å². The maximum absolute atomic E-state index is 13.1. The molecule has 0 unspecified atom stereocenters. The number of carbonyl (C=O) groups excluding carboxylic acids is 2. The zero-order valence-corrected chi connectivity index (χ0v) is 17.6. The third kappa shape index (κ3) is 3.96. The van der Waals surface area contributed by atoms with Gasteiger partial charge in [-0.25, -0.2) is 12.7 Å². The van der Waals surface area contributed by atoms with Crippen LogP contribution in [0.2, 0.25) is 0 Å². The van der Waals surface area contributed by atoms with Crippen LogP contribution in [0.15, 0.2) is 59.5 Å². The Morgan fingerprint density at radius 1 is 1.13 bits per heavy atom. The molecule has 4 rings (SSSR count). The summed E-state index contributed by atoms with van der Waals surface area (Å²) in [6, 6.07) is 15.0. The molecule has 2 amide bonds. The van der Waals surface area contributed by atoms with Gasteiger partial charge in [-0.2, -0.15) is 0 Å². The van der Waals surface area contributed by atoms with Crippen LogP contribution in [-0.2, 0) is 14.8 Å². The van der Waals surface area contributed by atoms with Gasteiger partial charge in [-0.05, 0) is 30.7 Å². The van der Waals surface area contributed by atoms with Crippen LogP contribution in [0.25, 0.3) is 0 Å². The number of sulfonamides is 1. The Morgan fingerprint density at radius 2 is 1.90 bits per heavy atom. The van der Waals surface area contributed by atoms with E-state index in [2.05, 4.69) is 15.5 Å². The average molecular weight is 443 g/mol. The number of amides is 2. The molecule has 1 saturated heterocycles. The lowest BCUT2D eigenvalue weighted by Gasteiger charge is -2.17. The summed E-state index contributed by atoms with van der Waals surface area (Å²) in [4.78, 5) is 24.9. The van der Waals surface area contributed by atoms with Gasteiger partial charge in [0, 0.05) is 24.4 Å². The Kier molecular flexibility index (Phi) is 5.35. The summed E-state index contributed by atoms with van der Waals surface area (Å²) >= 11 is 1.21. The van der Waals surface area contributed by atoms with Crippen LogP contribution < -0.4 is 5.32 Å². The van der Waals surface area contributed by atoms with Crippen molar-refractivity contribution < 1.29 is 18.0 Å². The molecule has 0 bridgehead atoms. The smallest absolute Gasteiger partial charge is 0.266 e. The molecule has 2 heterocycles. The summed E-state index contributed by atoms with van der Waals surface area (Å²) in [5, 5.41) is 11.3. The van der Waals surface area contributed by atoms with E-state index in [1.165, 1.54) is 35.6 Å². The molecule has 1 fully saturated rings. The van der Waals surface area contributed by atoms with Crippen LogP contribution in [0.1, 0.15) is 33.3 Å². The van der Waals surface area contributed by atoms with E-state index in [1.807, 2.05) is 30.3 Å².